The number of piperidine rings is 1. The Labute approximate surface area is 117 Å². The van der Waals surface area contributed by atoms with Crippen molar-refractivity contribution in [2.24, 2.45) is 5.92 Å². The summed E-state index contributed by atoms with van der Waals surface area (Å²) in [4.78, 5) is 25.1. The topological polar surface area (TPSA) is 57.6 Å². The van der Waals surface area contributed by atoms with E-state index in [1.807, 2.05) is 6.92 Å². The molecule has 19 heavy (non-hydrogen) atoms. The third-order valence-corrected chi connectivity index (χ3v) is 3.92. The van der Waals surface area contributed by atoms with Gasteiger partial charge in [0.1, 0.15) is 0 Å². The normalized spacial score (nSPS) is 23.2. The van der Waals surface area contributed by atoms with Crippen LogP contribution >= 0.6 is 11.6 Å². The number of carbonyl (C=O) groups is 2. The molecule has 0 aliphatic carbocycles. The number of likely N-dealkylation sites (tertiary alicyclic amines) is 1. The van der Waals surface area contributed by atoms with Gasteiger partial charge in [0, 0.05) is 12.6 Å². The second-order valence-corrected chi connectivity index (χ2v) is 5.29. The molecule has 4 nitrogen and oxygen atoms in total. The predicted molar refractivity (Wildman–Crippen MR) is 72.3 cm³/mol. The molecule has 0 bridgehead atoms. The highest BCUT2D eigenvalue weighted by Crippen LogP contribution is 2.26. The maximum atomic E-state index is 12.4. The van der Waals surface area contributed by atoms with Crippen LogP contribution in [0.1, 0.15) is 30.1 Å². The molecule has 1 saturated heterocycles. The maximum Gasteiger partial charge on any atom is 0.306 e. The first-order valence-corrected chi connectivity index (χ1v) is 6.66. The van der Waals surface area contributed by atoms with Gasteiger partial charge < -0.3 is 10.0 Å². The summed E-state index contributed by atoms with van der Waals surface area (Å²) in [6.45, 7) is 2.34. The zero-order valence-electron chi connectivity index (χ0n) is 10.7. The van der Waals surface area contributed by atoms with E-state index in [0.29, 0.717) is 30.0 Å². The van der Waals surface area contributed by atoms with Crippen molar-refractivity contribution in [2.75, 3.05) is 6.54 Å². The van der Waals surface area contributed by atoms with Crippen LogP contribution in [0.15, 0.2) is 24.3 Å². The number of aliphatic carboxylic acids is 1. The molecular weight excluding hydrogens is 266 g/mol. The molecule has 102 valence electrons. The Balaban J connectivity index is 2.13. The molecule has 1 aromatic rings. The van der Waals surface area contributed by atoms with Gasteiger partial charge in [0.25, 0.3) is 5.91 Å². The molecular formula is C14H16ClNO3. The first-order chi connectivity index (χ1) is 9.00. The Morgan fingerprint density at radius 2 is 2.05 bits per heavy atom. The fraction of sp³-hybridized carbons (Fsp3) is 0.429. The van der Waals surface area contributed by atoms with Gasteiger partial charge in [-0.25, -0.2) is 0 Å². The molecule has 0 saturated carbocycles. The monoisotopic (exact) mass is 281 g/mol. The van der Waals surface area contributed by atoms with Crippen molar-refractivity contribution in [3.8, 4) is 0 Å². The number of amides is 1. The average Bonchev–Trinajstić information content (AvgIpc) is 2.38. The molecule has 1 fully saturated rings. The summed E-state index contributed by atoms with van der Waals surface area (Å²) in [6.07, 6.45) is 0.987. The van der Waals surface area contributed by atoms with Crippen LogP contribution in [-0.2, 0) is 4.79 Å². The zero-order valence-corrected chi connectivity index (χ0v) is 11.4. The van der Waals surface area contributed by atoms with Gasteiger partial charge in [-0.2, -0.15) is 0 Å². The van der Waals surface area contributed by atoms with Gasteiger partial charge in [-0.1, -0.05) is 23.7 Å². The van der Waals surface area contributed by atoms with E-state index in [1.165, 1.54) is 0 Å². The number of nitrogens with zero attached hydrogens (tertiary/aromatic N) is 1. The van der Waals surface area contributed by atoms with Crippen LogP contribution in [0.25, 0.3) is 0 Å². The lowest BCUT2D eigenvalue weighted by Gasteiger charge is -2.36. The third-order valence-electron chi connectivity index (χ3n) is 3.59. The second kappa shape index (κ2) is 5.61. The summed E-state index contributed by atoms with van der Waals surface area (Å²) < 4.78 is 0. The SMILES string of the molecule is CC1CC(C(=O)O)CCN1C(=O)c1ccccc1Cl. The van der Waals surface area contributed by atoms with E-state index < -0.39 is 5.97 Å². The van der Waals surface area contributed by atoms with Crippen molar-refractivity contribution in [3.63, 3.8) is 0 Å². The van der Waals surface area contributed by atoms with Gasteiger partial charge in [-0.05, 0) is 31.9 Å². The molecule has 0 aromatic heterocycles. The highest BCUT2D eigenvalue weighted by Gasteiger charge is 2.33. The van der Waals surface area contributed by atoms with Gasteiger partial charge in [-0.15, -0.1) is 0 Å². The fourth-order valence-electron chi connectivity index (χ4n) is 2.49. The Morgan fingerprint density at radius 1 is 1.37 bits per heavy atom. The predicted octanol–water partition coefficient (Wildman–Crippen LogP) is 2.67. The van der Waals surface area contributed by atoms with Crippen LogP contribution in [0.3, 0.4) is 0 Å². The van der Waals surface area contributed by atoms with E-state index >= 15 is 0 Å². The lowest BCUT2D eigenvalue weighted by Crippen LogP contribution is -2.46. The van der Waals surface area contributed by atoms with Crippen LogP contribution in [0.5, 0.6) is 0 Å². The molecule has 1 amide bonds. The molecule has 1 aromatic carbocycles. The Kier molecular flexibility index (Phi) is 4.10. The number of carboxylic acid groups (broad SMARTS) is 1. The molecule has 1 N–H and O–H groups in total. The van der Waals surface area contributed by atoms with E-state index in [4.69, 9.17) is 16.7 Å². The summed E-state index contributed by atoms with van der Waals surface area (Å²) in [6, 6.07) is 6.84. The van der Waals surface area contributed by atoms with Crippen molar-refractivity contribution in [2.45, 2.75) is 25.8 Å². The lowest BCUT2D eigenvalue weighted by molar-refractivity contribution is -0.143. The van der Waals surface area contributed by atoms with E-state index in [2.05, 4.69) is 0 Å². The largest absolute Gasteiger partial charge is 0.481 e. The number of hydrogen-bond acceptors (Lipinski definition) is 2. The number of benzene rings is 1. The van der Waals surface area contributed by atoms with E-state index in [1.54, 1.807) is 29.2 Å². The Morgan fingerprint density at radius 3 is 2.63 bits per heavy atom. The Bertz CT molecular complexity index is 503. The summed E-state index contributed by atoms with van der Waals surface area (Å²) in [5.41, 5.74) is 0.477. The van der Waals surface area contributed by atoms with Crippen LogP contribution < -0.4 is 0 Å². The van der Waals surface area contributed by atoms with Gasteiger partial charge >= 0.3 is 5.97 Å². The number of hydrogen-bond donors (Lipinski definition) is 1. The summed E-state index contributed by atoms with van der Waals surface area (Å²) >= 11 is 6.02. The minimum atomic E-state index is -0.781. The summed E-state index contributed by atoms with van der Waals surface area (Å²) in [7, 11) is 0. The first-order valence-electron chi connectivity index (χ1n) is 6.29. The smallest absolute Gasteiger partial charge is 0.306 e. The minimum Gasteiger partial charge on any atom is -0.481 e. The molecule has 2 rings (SSSR count). The number of carbonyl (C=O) groups excluding carboxylic acids is 1. The van der Waals surface area contributed by atoms with Crippen LogP contribution in [-0.4, -0.2) is 34.5 Å². The first kappa shape index (κ1) is 13.9. The van der Waals surface area contributed by atoms with Crippen LogP contribution in [0, 0.1) is 5.92 Å². The van der Waals surface area contributed by atoms with Crippen molar-refractivity contribution in [1.82, 2.24) is 4.90 Å². The average molecular weight is 282 g/mol. The minimum absolute atomic E-state index is 0.0846. The zero-order chi connectivity index (χ0) is 14.0. The van der Waals surface area contributed by atoms with Crippen molar-refractivity contribution < 1.29 is 14.7 Å². The standard InChI is InChI=1S/C14H16ClNO3/c1-9-8-10(14(18)19)6-7-16(9)13(17)11-4-2-3-5-12(11)15/h2-5,9-10H,6-8H2,1H3,(H,18,19). The summed E-state index contributed by atoms with van der Waals surface area (Å²) in [5, 5.41) is 9.45. The molecule has 1 aliphatic rings. The van der Waals surface area contributed by atoms with Gasteiger partial charge in [-0.3, -0.25) is 9.59 Å². The maximum absolute atomic E-state index is 12.4. The van der Waals surface area contributed by atoms with E-state index in [9.17, 15) is 9.59 Å². The highest BCUT2D eigenvalue weighted by atomic mass is 35.5. The van der Waals surface area contributed by atoms with Gasteiger partial charge in [0.15, 0.2) is 0 Å². The van der Waals surface area contributed by atoms with Gasteiger partial charge in [0.05, 0.1) is 16.5 Å². The second-order valence-electron chi connectivity index (χ2n) is 4.89. The highest BCUT2D eigenvalue weighted by molar-refractivity contribution is 6.33. The quantitative estimate of drug-likeness (QED) is 0.907. The summed E-state index contributed by atoms with van der Waals surface area (Å²) in [5.74, 6) is -1.26. The lowest BCUT2D eigenvalue weighted by atomic mass is 9.91. The number of halogens is 1. The molecule has 2 atom stereocenters. The number of carboxylic acids is 1. The number of rotatable bonds is 2. The van der Waals surface area contributed by atoms with E-state index in [0.717, 1.165) is 0 Å². The fourth-order valence-corrected chi connectivity index (χ4v) is 2.70. The molecule has 1 heterocycles. The molecule has 5 heteroatoms. The van der Waals surface area contributed by atoms with E-state index in [-0.39, 0.29) is 17.9 Å². The van der Waals surface area contributed by atoms with Crippen LogP contribution in [0.2, 0.25) is 5.02 Å². The molecule has 0 spiro atoms. The molecule has 1 aliphatic heterocycles. The van der Waals surface area contributed by atoms with Gasteiger partial charge in [0.2, 0.25) is 0 Å². The Hall–Kier alpha value is -1.55. The third kappa shape index (κ3) is 2.89. The van der Waals surface area contributed by atoms with Crippen molar-refractivity contribution in [1.29, 1.82) is 0 Å². The molecule has 2 unspecified atom stereocenters. The molecule has 0 radical (unpaired) electrons. The van der Waals surface area contributed by atoms with Crippen molar-refractivity contribution >= 4 is 23.5 Å². The van der Waals surface area contributed by atoms with Crippen LogP contribution in [0.4, 0.5) is 0 Å². The van der Waals surface area contributed by atoms with Crippen molar-refractivity contribution in [3.05, 3.63) is 34.9 Å².